The summed E-state index contributed by atoms with van der Waals surface area (Å²) >= 11 is 0. The van der Waals surface area contributed by atoms with Crippen LogP contribution in [-0.2, 0) is 25.4 Å². The number of anilines is 1. The van der Waals surface area contributed by atoms with Crippen molar-refractivity contribution in [1.29, 1.82) is 0 Å². The van der Waals surface area contributed by atoms with Crippen LogP contribution in [0, 0.1) is 5.82 Å². The number of ether oxygens (including phenoxy) is 3. The van der Waals surface area contributed by atoms with Gasteiger partial charge in [-0.25, -0.2) is 4.39 Å². The number of benzene rings is 1. The van der Waals surface area contributed by atoms with Crippen molar-refractivity contribution in [2.75, 3.05) is 12.8 Å². The molecule has 0 fully saturated rings. The molecule has 0 saturated heterocycles. The predicted molar refractivity (Wildman–Crippen MR) is 65.2 cm³/mol. The van der Waals surface area contributed by atoms with Crippen molar-refractivity contribution in [1.82, 2.24) is 0 Å². The minimum Gasteiger partial charge on any atom is -0.469 e. The molecule has 0 atom stereocenters. The molecule has 0 bridgehead atoms. The minimum atomic E-state index is -1.23. The van der Waals surface area contributed by atoms with Crippen molar-refractivity contribution >= 4 is 11.7 Å². The second-order valence-corrected chi connectivity index (χ2v) is 4.19. The van der Waals surface area contributed by atoms with Crippen LogP contribution in [0.4, 0.5) is 10.1 Å². The highest BCUT2D eigenvalue weighted by Gasteiger charge is 2.39. The van der Waals surface area contributed by atoms with Crippen LogP contribution in [0.5, 0.6) is 0 Å². The molecule has 1 aromatic rings. The molecule has 1 heterocycles. The van der Waals surface area contributed by atoms with Crippen LogP contribution >= 0.6 is 0 Å². The van der Waals surface area contributed by atoms with E-state index in [-0.39, 0.29) is 12.8 Å². The molecule has 19 heavy (non-hydrogen) atoms. The summed E-state index contributed by atoms with van der Waals surface area (Å²) in [4.78, 5) is 11.4. The lowest BCUT2D eigenvalue weighted by Crippen LogP contribution is -2.36. The van der Waals surface area contributed by atoms with E-state index in [1.54, 1.807) is 0 Å². The second kappa shape index (κ2) is 5.17. The van der Waals surface area contributed by atoms with E-state index in [2.05, 4.69) is 4.74 Å². The first-order valence-electron chi connectivity index (χ1n) is 5.66. The van der Waals surface area contributed by atoms with Gasteiger partial charge in [0, 0.05) is 5.69 Å². The number of esters is 1. The highest BCUT2D eigenvalue weighted by Crippen LogP contribution is 2.31. The molecule has 1 aliphatic heterocycles. The van der Waals surface area contributed by atoms with Crippen molar-refractivity contribution in [2.45, 2.75) is 18.6 Å². The zero-order chi connectivity index (χ0) is 13.9. The molecule has 0 unspecified atom stereocenters. The fourth-order valence-electron chi connectivity index (χ4n) is 1.87. The maximum atomic E-state index is 13.2. The summed E-state index contributed by atoms with van der Waals surface area (Å²) in [6.07, 6.45) is 2.68. The third-order valence-corrected chi connectivity index (χ3v) is 2.83. The monoisotopic (exact) mass is 267 g/mol. The number of carbonyl (C=O) groups excluding carboxylic acids is 1. The van der Waals surface area contributed by atoms with Crippen LogP contribution in [0.15, 0.2) is 30.7 Å². The van der Waals surface area contributed by atoms with Crippen LogP contribution < -0.4 is 5.73 Å². The number of halogens is 1. The molecule has 102 valence electrons. The van der Waals surface area contributed by atoms with E-state index in [4.69, 9.17) is 15.2 Å². The van der Waals surface area contributed by atoms with Crippen molar-refractivity contribution in [2.24, 2.45) is 0 Å². The lowest BCUT2D eigenvalue weighted by molar-refractivity contribution is -0.172. The van der Waals surface area contributed by atoms with E-state index >= 15 is 0 Å². The van der Waals surface area contributed by atoms with E-state index < -0.39 is 17.6 Å². The van der Waals surface area contributed by atoms with Crippen LogP contribution in [-0.4, -0.2) is 18.9 Å². The van der Waals surface area contributed by atoms with Crippen molar-refractivity contribution < 1.29 is 23.4 Å². The third-order valence-electron chi connectivity index (χ3n) is 2.83. The largest absolute Gasteiger partial charge is 0.469 e. The normalized spacial score (nSPS) is 15.7. The van der Waals surface area contributed by atoms with Crippen LogP contribution in [0.25, 0.3) is 0 Å². The van der Waals surface area contributed by atoms with Crippen molar-refractivity contribution in [3.05, 3.63) is 42.1 Å². The smallest absolute Gasteiger partial charge is 0.313 e. The van der Waals surface area contributed by atoms with E-state index in [0.717, 1.165) is 0 Å². The van der Waals surface area contributed by atoms with Gasteiger partial charge in [0.1, 0.15) is 24.8 Å². The fraction of sp³-hybridized carbons (Fsp3) is 0.308. The minimum absolute atomic E-state index is 0.119. The average molecular weight is 267 g/mol. The standard InChI is InChI=1S/C13H14FNO4/c1-17-12(16)8-13(18-4-5-19-13)7-9-6-10(14)2-3-11(9)15/h2-6H,7-8,15H2,1H3. The molecule has 2 rings (SSSR count). The Morgan fingerprint density at radius 2 is 2.11 bits per heavy atom. The molecule has 0 aliphatic carbocycles. The summed E-state index contributed by atoms with van der Waals surface area (Å²) in [6.45, 7) is 0. The summed E-state index contributed by atoms with van der Waals surface area (Å²) < 4.78 is 28.5. The lowest BCUT2D eigenvalue weighted by Gasteiger charge is -2.27. The van der Waals surface area contributed by atoms with E-state index in [9.17, 15) is 9.18 Å². The predicted octanol–water partition coefficient (Wildman–Crippen LogP) is 1.73. The lowest BCUT2D eigenvalue weighted by atomic mass is 10.0. The molecule has 1 aliphatic rings. The zero-order valence-electron chi connectivity index (χ0n) is 10.4. The first-order valence-corrected chi connectivity index (χ1v) is 5.66. The van der Waals surface area contributed by atoms with E-state index in [1.165, 1.54) is 37.8 Å². The molecular formula is C13H14FNO4. The number of nitrogen functional groups attached to an aromatic ring is 1. The number of nitrogens with two attached hydrogens (primary N) is 1. The van der Waals surface area contributed by atoms with Crippen LogP contribution in [0.1, 0.15) is 12.0 Å². The van der Waals surface area contributed by atoms with E-state index in [1.807, 2.05) is 0 Å². The molecule has 0 radical (unpaired) electrons. The molecule has 0 spiro atoms. The molecule has 1 aromatic carbocycles. The van der Waals surface area contributed by atoms with Gasteiger partial charge in [-0.15, -0.1) is 0 Å². The highest BCUT2D eigenvalue weighted by atomic mass is 19.1. The Hall–Kier alpha value is -2.24. The average Bonchev–Trinajstić information content (AvgIpc) is 2.82. The molecule has 0 aromatic heterocycles. The number of carbonyl (C=O) groups is 1. The number of rotatable bonds is 4. The molecular weight excluding hydrogens is 253 g/mol. The van der Waals surface area contributed by atoms with Gasteiger partial charge in [0.2, 0.25) is 0 Å². The Balaban J connectivity index is 2.21. The number of methoxy groups -OCH3 is 1. The Morgan fingerprint density at radius 3 is 2.74 bits per heavy atom. The summed E-state index contributed by atoms with van der Waals surface area (Å²) in [6, 6.07) is 4.01. The summed E-state index contributed by atoms with van der Waals surface area (Å²) in [5.41, 5.74) is 6.69. The maximum Gasteiger partial charge on any atom is 0.313 e. The van der Waals surface area contributed by atoms with E-state index in [0.29, 0.717) is 11.3 Å². The van der Waals surface area contributed by atoms with Gasteiger partial charge in [0.25, 0.3) is 5.79 Å². The van der Waals surface area contributed by atoms with Gasteiger partial charge in [-0.1, -0.05) is 0 Å². The summed E-state index contributed by atoms with van der Waals surface area (Å²) in [5, 5.41) is 0. The maximum absolute atomic E-state index is 13.2. The number of hydrogen-bond acceptors (Lipinski definition) is 5. The van der Waals surface area contributed by atoms with Gasteiger partial charge in [-0.3, -0.25) is 4.79 Å². The first kappa shape index (κ1) is 13.2. The summed E-state index contributed by atoms with van der Waals surface area (Å²) in [7, 11) is 1.27. The van der Waals surface area contributed by atoms with Gasteiger partial charge in [0.05, 0.1) is 13.5 Å². The second-order valence-electron chi connectivity index (χ2n) is 4.19. The topological polar surface area (TPSA) is 70.8 Å². The van der Waals surface area contributed by atoms with Gasteiger partial charge in [-0.05, 0) is 23.8 Å². The Kier molecular flexibility index (Phi) is 3.59. The molecule has 0 amide bonds. The molecule has 6 heteroatoms. The Labute approximate surface area is 109 Å². The molecule has 0 saturated carbocycles. The Morgan fingerprint density at radius 1 is 1.42 bits per heavy atom. The molecule has 5 nitrogen and oxygen atoms in total. The first-order chi connectivity index (χ1) is 9.04. The van der Waals surface area contributed by atoms with Gasteiger partial charge in [0.15, 0.2) is 0 Å². The van der Waals surface area contributed by atoms with Crippen molar-refractivity contribution in [3.63, 3.8) is 0 Å². The zero-order valence-corrected chi connectivity index (χ0v) is 10.4. The number of hydrogen-bond donors (Lipinski definition) is 1. The van der Waals surface area contributed by atoms with Gasteiger partial charge in [-0.2, -0.15) is 0 Å². The van der Waals surface area contributed by atoms with Crippen LogP contribution in [0.2, 0.25) is 0 Å². The van der Waals surface area contributed by atoms with Crippen LogP contribution in [0.3, 0.4) is 0 Å². The van der Waals surface area contributed by atoms with Gasteiger partial charge < -0.3 is 19.9 Å². The molecule has 2 N–H and O–H groups in total. The Bertz CT molecular complexity index is 507. The van der Waals surface area contributed by atoms with Gasteiger partial charge >= 0.3 is 5.97 Å². The summed E-state index contributed by atoms with van der Waals surface area (Å²) in [5.74, 6) is -2.13. The fourth-order valence-corrected chi connectivity index (χ4v) is 1.87. The SMILES string of the molecule is COC(=O)CC1(Cc2cc(F)ccc2N)OC=CO1. The van der Waals surface area contributed by atoms with Crippen molar-refractivity contribution in [3.8, 4) is 0 Å². The highest BCUT2D eigenvalue weighted by molar-refractivity contribution is 5.70. The quantitative estimate of drug-likeness (QED) is 0.664. The third kappa shape index (κ3) is 2.96.